The molecule has 1 saturated heterocycles. The van der Waals surface area contributed by atoms with Crippen LogP contribution >= 0.6 is 0 Å². The number of carboxylic acid groups (broad SMARTS) is 1. The summed E-state index contributed by atoms with van der Waals surface area (Å²) in [5.41, 5.74) is 5.69. The van der Waals surface area contributed by atoms with E-state index in [4.69, 9.17) is 10.8 Å². The lowest BCUT2D eigenvalue weighted by Crippen LogP contribution is -2.48. The van der Waals surface area contributed by atoms with E-state index in [2.05, 4.69) is 5.32 Å². The second-order valence-corrected chi connectivity index (χ2v) is 4.88. The molecule has 0 aromatic heterocycles. The Balaban J connectivity index is 2.26. The minimum absolute atomic E-state index is 0.361. The lowest BCUT2D eigenvalue weighted by Gasteiger charge is -2.27. The number of nitrogens with two attached hydrogens (primary N) is 1. The van der Waals surface area contributed by atoms with Crippen molar-refractivity contribution in [2.75, 3.05) is 6.54 Å². The summed E-state index contributed by atoms with van der Waals surface area (Å²) in [5.74, 6) is -1.49. The standard InChI is InChI=1S/C14H17N3O4/c15-14(21)16-11(9-5-2-1-3-6-9)12(18)17-8-4-7-10(17)13(19)20/h1-3,5-6,10-11H,4,7-8H2,(H,19,20)(H3,15,16,21)/t10-,11?/m1/s1. The van der Waals surface area contributed by atoms with Crippen molar-refractivity contribution in [2.24, 2.45) is 5.73 Å². The molecule has 112 valence electrons. The Hall–Kier alpha value is -2.57. The molecule has 7 nitrogen and oxygen atoms in total. The van der Waals surface area contributed by atoms with Crippen LogP contribution in [0.15, 0.2) is 30.3 Å². The quantitative estimate of drug-likeness (QED) is 0.748. The van der Waals surface area contributed by atoms with E-state index in [0.29, 0.717) is 24.9 Å². The molecule has 0 aliphatic carbocycles. The molecular weight excluding hydrogens is 274 g/mol. The zero-order chi connectivity index (χ0) is 15.4. The van der Waals surface area contributed by atoms with Gasteiger partial charge in [-0.1, -0.05) is 30.3 Å². The number of nitrogens with one attached hydrogen (secondary N) is 1. The van der Waals surface area contributed by atoms with Gasteiger partial charge in [-0.25, -0.2) is 9.59 Å². The van der Waals surface area contributed by atoms with Crippen molar-refractivity contribution in [3.8, 4) is 0 Å². The molecule has 2 rings (SSSR count). The summed E-state index contributed by atoms with van der Waals surface area (Å²) in [7, 11) is 0. The van der Waals surface area contributed by atoms with Crippen LogP contribution in [0.3, 0.4) is 0 Å². The van der Waals surface area contributed by atoms with Crippen LogP contribution in [0.2, 0.25) is 0 Å². The fourth-order valence-electron chi connectivity index (χ4n) is 2.53. The van der Waals surface area contributed by atoms with E-state index in [0.717, 1.165) is 0 Å². The highest BCUT2D eigenvalue weighted by Gasteiger charge is 2.37. The molecule has 1 fully saturated rings. The number of primary amides is 1. The summed E-state index contributed by atoms with van der Waals surface area (Å²) < 4.78 is 0. The van der Waals surface area contributed by atoms with Crippen molar-refractivity contribution in [1.29, 1.82) is 0 Å². The van der Waals surface area contributed by atoms with Gasteiger partial charge in [0.05, 0.1) is 0 Å². The van der Waals surface area contributed by atoms with Gasteiger partial charge in [-0.05, 0) is 18.4 Å². The van der Waals surface area contributed by atoms with E-state index in [1.54, 1.807) is 30.3 Å². The number of hydrogen-bond acceptors (Lipinski definition) is 3. The van der Waals surface area contributed by atoms with Crippen LogP contribution in [0.5, 0.6) is 0 Å². The SMILES string of the molecule is NC(=O)NC(C(=O)N1CCC[C@@H]1C(=O)O)c1ccccc1. The fraction of sp³-hybridized carbons (Fsp3) is 0.357. The summed E-state index contributed by atoms with van der Waals surface area (Å²) in [6.45, 7) is 0.361. The third-order valence-electron chi connectivity index (χ3n) is 3.49. The molecule has 1 unspecified atom stereocenters. The number of urea groups is 1. The van der Waals surface area contributed by atoms with E-state index in [1.807, 2.05) is 0 Å². The van der Waals surface area contributed by atoms with Crippen molar-refractivity contribution in [1.82, 2.24) is 10.2 Å². The summed E-state index contributed by atoms with van der Waals surface area (Å²) in [6, 6.07) is 5.97. The molecule has 1 aromatic carbocycles. The molecule has 0 bridgehead atoms. The second-order valence-electron chi connectivity index (χ2n) is 4.88. The maximum absolute atomic E-state index is 12.6. The summed E-state index contributed by atoms with van der Waals surface area (Å²) in [6.07, 6.45) is 1.04. The number of benzene rings is 1. The molecule has 1 aliphatic heterocycles. The number of aliphatic carboxylic acids is 1. The van der Waals surface area contributed by atoms with Gasteiger partial charge >= 0.3 is 12.0 Å². The second kappa shape index (κ2) is 6.25. The van der Waals surface area contributed by atoms with Crippen LogP contribution in [-0.4, -0.2) is 40.5 Å². The average molecular weight is 291 g/mol. The van der Waals surface area contributed by atoms with Gasteiger partial charge in [0, 0.05) is 6.54 Å². The van der Waals surface area contributed by atoms with Crippen LogP contribution < -0.4 is 11.1 Å². The van der Waals surface area contributed by atoms with E-state index in [-0.39, 0.29) is 0 Å². The largest absolute Gasteiger partial charge is 0.480 e. The Morgan fingerprint density at radius 3 is 2.52 bits per heavy atom. The van der Waals surface area contributed by atoms with Gasteiger partial charge in [-0.3, -0.25) is 4.79 Å². The number of amides is 3. The minimum Gasteiger partial charge on any atom is -0.480 e. The fourth-order valence-corrected chi connectivity index (χ4v) is 2.53. The van der Waals surface area contributed by atoms with Crippen molar-refractivity contribution >= 4 is 17.9 Å². The third kappa shape index (κ3) is 3.31. The predicted molar refractivity (Wildman–Crippen MR) is 74.3 cm³/mol. The van der Waals surface area contributed by atoms with Crippen LogP contribution in [0.4, 0.5) is 4.79 Å². The minimum atomic E-state index is -1.04. The lowest BCUT2D eigenvalue weighted by atomic mass is 10.1. The third-order valence-corrected chi connectivity index (χ3v) is 3.49. The topological polar surface area (TPSA) is 113 Å². The van der Waals surface area contributed by atoms with E-state index in [9.17, 15) is 14.4 Å². The maximum Gasteiger partial charge on any atom is 0.326 e. The highest BCUT2D eigenvalue weighted by molar-refractivity contribution is 5.91. The van der Waals surface area contributed by atoms with Crippen molar-refractivity contribution in [3.63, 3.8) is 0 Å². The monoisotopic (exact) mass is 291 g/mol. The number of carboxylic acids is 1. The van der Waals surface area contributed by atoms with Crippen LogP contribution in [0.1, 0.15) is 24.4 Å². The molecule has 0 radical (unpaired) electrons. The first-order chi connectivity index (χ1) is 10.0. The first kappa shape index (κ1) is 14.8. The van der Waals surface area contributed by atoms with E-state index < -0.39 is 30.0 Å². The van der Waals surface area contributed by atoms with Gasteiger partial charge in [0.2, 0.25) is 0 Å². The van der Waals surface area contributed by atoms with Crippen molar-refractivity contribution < 1.29 is 19.5 Å². The Morgan fingerprint density at radius 1 is 1.29 bits per heavy atom. The van der Waals surface area contributed by atoms with Crippen LogP contribution in [-0.2, 0) is 9.59 Å². The Morgan fingerprint density at radius 2 is 1.95 bits per heavy atom. The molecule has 21 heavy (non-hydrogen) atoms. The molecule has 1 aromatic rings. The lowest BCUT2D eigenvalue weighted by molar-refractivity contribution is -0.149. The summed E-state index contributed by atoms with van der Waals surface area (Å²) >= 11 is 0. The van der Waals surface area contributed by atoms with Gasteiger partial charge in [-0.15, -0.1) is 0 Å². The van der Waals surface area contributed by atoms with Gasteiger partial charge in [-0.2, -0.15) is 0 Å². The average Bonchev–Trinajstić information content (AvgIpc) is 2.94. The number of hydrogen-bond donors (Lipinski definition) is 3. The molecule has 2 atom stereocenters. The summed E-state index contributed by atoms with van der Waals surface area (Å²) in [5, 5.41) is 11.5. The Kier molecular flexibility index (Phi) is 4.42. The Bertz CT molecular complexity index is 546. The molecule has 1 heterocycles. The van der Waals surface area contributed by atoms with Gasteiger partial charge in [0.15, 0.2) is 0 Å². The molecule has 1 aliphatic rings. The molecule has 0 saturated carbocycles. The van der Waals surface area contributed by atoms with Gasteiger partial charge in [0.1, 0.15) is 12.1 Å². The zero-order valence-electron chi connectivity index (χ0n) is 11.4. The number of rotatable bonds is 4. The molecule has 0 spiro atoms. The Labute approximate surface area is 121 Å². The molecule has 4 N–H and O–H groups in total. The van der Waals surface area contributed by atoms with Crippen LogP contribution in [0, 0.1) is 0 Å². The van der Waals surface area contributed by atoms with Crippen molar-refractivity contribution in [2.45, 2.75) is 24.9 Å². The number of nitrogens with zero attached hydrogens (tertiary/aromatic N) is 1. The zero-order valence-corrected chi connectivity index (χ0v) is 11.4. The smallest absolute Gasteiger partial charge is 0.326 e. The van der Waals surface area contributed by atoms with Gasteiger partial charge in [0.25, 0.3) is 5.91 Å². The number of carbonyl (C=O) groups excluding carboxylic acids is 2. The molecular formula is C14H17N3O4. The highest BCUT2D eigenvalue weighted by atomic mass is 16.4. The van der Waals surface area contributed by atoms with Crippen molar-refractivity contribution in [3.05, 3.63) is 35.9 Å². The maximum atomic E-state index is 12.6. The molecule has 3 amide bonds. The molecule has 7 heteroatoms. The number of likely N-dealkylation sites (tertiary alicyclic amines) is 1. The van der Waals surface area contributed by atoms with E-state index >= 15 is 0 Å². The number of carbonyl (C=O) groups is 3. The highest BCUT2D eigenvalue weighted by Crippen LogP contribution is 2.23. The summed E-state index contributed by atoms with van der Waals surface area (Å²) in [4.78, 5) is 36.2. The van der Waals surface area contributed by atoms with Gasteiger partial charge < -0.3 is 21.1 Å². The predicted octanol–water partition coefficient (Wildman–Crippen LogP) is 0.472. The van der Waals surface area contributed by atoms with Crippen LogP contribution in [0.25, 0.3) is 0 Å². The van der Waals surface area contributed by atoms with E-state index in [1.165, 1.54) is 4.90 Å². The first-order valence-electron chi connectivity index (χ1n) is 6.65. The first-order valence-corrected chi connectivity index (χ1v) is 6.65. The normalized spacial score (nSPS) is 19.0.